The fraction of sp³-hybridized carbons (Fsp3) is 1.00. The Morgan fingerprint density at radius 1 is 0.484 bits per heavy atom. The van der Waals surface area contributed by atoms with Crippen molar-refractivity contribution in [3.05, 3.63) is 0 Å². The lowest BCUT2D eigenvalue weighted by atomic mass is 9.46. The molecule has 0 amide bonds. The van der Waals surface area contributed by atoms with Gasteiger partial charge in [0, 0.05) is 11.1 Å². The van der Waals surface area contributed by atoms with Crippen molar-refractivity contribution in [2.75, 3.05) is 0 Å². The Bertz CT molecular complexity index is 461. The topological polar surface area (TPSA) is 52.0 Å². The lowest BCUT2D eigenvalue weighted by molar-refractivity contribution is -0.0645. The van der Waals surface area contributed by atoms with E-state index >= 15 is 0 Å². The fourth-order valence-corrected chi connectivity index (χ4v) is 7.73. The van der Waals surface area contributed by atoms with Gasteiger partial charge in [0.2, 0.25) is 0 Å². The third kappa shape index (κ3) is 6.08. The smallest absolute Gasteiger partial charge is 0.0211 e. The van der Waals surface area contributed by atoms with Gasteiger partial charge in [0.05, 0.1) is 0 Å². The average Bonchev–Trinajstić information content (AvgIpc) is 2.77. The molecule has 4 unspecified atom stereocenters. The Hall–Kier alpha value is -0.0800. The number of hydrogen-bond acceptors (Lipinski definition) is 2. The van der Waals surface area contributed by atoms with E-state index in [0.717, 1.165) is 0 Å². The van der Waals surface area contributed by atoms with E-state index in [1.165, 1.54) is 135 Å². The fourth-order valence-electron chi connectivity index (χ4n) is 7.73. The van der Waals surface area contributed by atoms with Crippen LogP contribution >= 0.6 is 0 Å². The van der Waals surface area contributed by atoms with Crippen LogP contribution in [0.5, 0.6) is 0 Å². The molecule has 2 nitrogen and oxygen atoms in total. The molecule has 0 saturated heterocycles. The largest absolute Gasteiger partial charge is 0.325 e. The van der Waals surface area contributed by atoms with Crippen LogP contribution in [0.2, 0.25) is 0 Å². The highest BCUT2D eigenvalue weighted by atomic mass is 14.9. The molecular formula is C29H58N2. The molecule has 0 heterocycles. The summed E-state index contributed by atoms with van der Waals surface area (Å²) in [7, 11) is 0. The van der Waals surface area contributed by atoms with E-state index in [-0.39, 0.29) is 11.1 Å². The zero-order chi connectivity index (χ0) is 22.8. The van der Waals surface area contributed by atoms with Crippen LogP contribution in [-0.4, -0.2) is 11.1 Å². The maximum Gasteiger partial charge on any atom is 0.0211 e. The van der Waals surface area contributed by atoms with Gasteiger partial charge < -0.3 is 11.5 Å². The normalized spacial score (nSPS) is 36.6. The molecular weight excluding hydrogens is 376 g/mol. The summed E-state index contributed by atoms with van der Waals surface area (Å²) in [4.78, 5) is 0. The highest BCUT2D eigenvalue weighted by Crippen LogP contribution is 2.61. The van der Waals surface area contributed by atoms with E-state index in [4.69, 9.17) is 11.5 Å². The molecule has 0 radical (unpaired) electrons. The van der Waals surface area contributed by atoms with E-state index in [0.29, 0.717) is 10.8 Å². The van der Waals surface area contributed by atoms with E-state index < -0.39 is 0 Å². The van der Waals surface area contributed by atoms with E-state index in [1.807, 2.05) is 0 Å². The molecule has 0 aliphatic heterocycles. The summed E-state index contributed by atoms with van der Waals surface area (Å²) in [5, 5.41) is 0. The molecule has 4 atom stereocenters. The molecule has 4 N–H and O–H groups in total. The molecule has 184 valence electrons. The minimum atomic E-state index is 0.0265. The Morgan fingerprint density at radius 2 is 0.806 bits per heavy atom. The van der Waals surface area contributed by atoms with Crippen LogP contribution in [-0.2, 0) is 0 Å². The molecule has 0 bridgehead atoms. The standard InChI is InChI=1S/C29H58N2/c1-5-9-17-26(19-13-15-23-28(26,30)21-11-7-3)25-27(18-10-6-2)20-14-16-24-29(27,31)22-12-8-4/h5-25,30-31H2,1-4H3. The third-order valence-corrected chi connectivity index (χ3v) is 9.82. The first-order valence-corrected chi connectivity index (χ1v) is 14.4. The van der Waals surface area contributed by atoms with Gasteiger partial charge in [-0.3, -0.25) is 0 Å². The van der Waals surface area contributed by atoms with Gasteiger partial charge in [-0.15, -0.1) is 0 Å². The Morgan fingerprint density at radius 3 is 1.16 bits per heavy atom. The minimum Gasteiger partial charge on any atom is -0.325 e. The van der Waals surface area contributed by atoms with Crippen molar-refractivity contribution in [1.29, 1.82) is 0 Å². The van der Waals surface area contributed by atoms with Crippen molar-refractivity contribution in [3.63, 3.8) is 0 Å². The second kappa shape index (κ2) is 12.4. The van der Waals surface area contributed by atoms with Gasteiger partial charge >= 0.3 is 0 Å². The Kier molecular flexibility index (Phi) is 10.9. The molecule has 0 aromatic rings. The maximum atomic E-state index is 7.52. The minimum absolute atomic E-state index is 0.0265. The predicted octanol–water partition coefficient (Wildman–Crippen LogP) is 8.65. The van der Waals surface area contributed by atoms with Gasteiger partial charge in [0.1, 0.15) is 0 Å². The van der Waals surface area contributed by atoms with Crippen LogP contribution in [0.25, 0.3) is 0 Å². The van der Waals surface area contributed by atoms with E-state index in [9.17, 15) is 0 Å². The van der Waals surface area contributed by atoms with Gasteiger partial charge in [0.25, 0.3) is 0 Å². The summed E-state index contributed by atoms with van der Waals surface area (Å²) in [6.07, 6.45) is 27.4. The van der Waals surface area contributed by atoms with E-state index in [2.05, 4.69) is 27.7 Å². The van der Waals surface area contributed by atoms with Crippen molar-refractivity contribution >= 4 is 0 Å². The van der Waals surface area contributed by atoms with Gasteiger partial charge in [0.15, 0.2) is 0 Å². The quantitative estimate of drug-likeness (QED) is 0.287. The van der Waals surface area contributed by atoms with Gasteiger partial charge in [-0.25, -0.2) is 0 Å². The number of hydrogen-bond donors (Lipinski definition) is 2. The van der Waals surface area contributed by atoms with Crippen molar-refractivity contribution in [2.24, 2.45) is 22.3 Å². The highest BCUT2D eigenvalue weighted by molar-refractivity contribution is 5.13. The summed E-state index contributed by atoms with van der Waals surface area (Å²) in [5.41, 5.74) is 15.7. The lowest BCUT2D eigenvalue weighted by Crippen LogP contribution is -2.64. The van der Waals surface area contributed by atoms with Gasteiger partial charge in [-0.05, 0) is 68.6 Å². The van der Waals surface area contributed by atoms with Gasteiger partial charge in [-0.2, -0.15) is 0 Å². The molecule has 2 aliphatic carbocycles. The number of nitrogens with two attached hydrogens (primary N) is 2. The summed E-state index contributed by atoms with van der Waals surface area (Å²) in [6.45, 7) is 9.39. The molecule has 0 aromatic heterocycles. The van der Waals surface area contributed by atoms with E-state index in [1.54, 1.807) is 0 Å². The van der Waals surface area contributed by atoms with Crippen LogP contribution in [0.4, 0.5) is 0 Å². The molecule has 31 heavy (non-hydrogen) atoms. The SMILES string of the molecule is CCCCC1(N)CCCCC1(CCCC)CC1(CCCC)CCCCC1(N)CCCC. The molecule has 0 spiro atoms. The second-order valence-corrected chi connectivity index (χ2v) is 11.9. The zero-order valence-electron chi connectivity index (χ0n) is 22.0. The highest BCUT2D eigenvalue weighted by Gasteiger charge is 2.57. The molecule has 0 aromatic carbocycles. The number of rotatable bonds is 14. The zero-order valence-corrected chi connectivity index (χ0v) is 22.0. The molecule has 2 rings (SSSR count). The van der Waals surface area contributed by atoms with Crippen LogP contribution in [0, 0.1) is 10.8 Å². The monoisotopic (exact) mass is 434 g/mol. The van der Waals surface area contributed by atoms with Gasteiger partial charge in [-0.1, -0.05) is 105 Å². The van der Waals surface area contributed by atoms with Crippen molar-refractivity contribution in [2.45, 2.75) is 174 Å². The second-order valence-electron chi connectivity index (χ2n) is 11.9. The molecule has 2 aliphatic rings. The lowest BCUT2D eigenvalue weighted by Gasteiger charge is -2.61. The van der Waals surface area contributed by atoms with Crippen molar-refractivity contribution in [1.82, 2.24) is 0 Å². The first kappa shape index (κ1) is 27.2. The summed E-state index contributed by atoms with van der Waals surface area (Å²) < 4.78 is 0. The Labute approximate surface area is 196 Å². The average molecular weight is 435 g/mol. The number of unbranched alkanes of at least 4 members (excludes halogenated alkanes) is 4. The van der Waals surface area contributed by atoms with Crippen LogP contribution in [0.1, 0.15) is 163 Å². The van der Waals surface area contributed by atoms with Crippen LogP contribution in [0.15, 0.2) is 0 Å². The summed E-state index contributed by atoms with van der Waals surface area (Å²) in [6, 6.07) is 0. The predicted molar refractivity (Wildman–Crippen MR) is 138 cm³/mol. The Balaban J connectivity index is 2.48. The summed E-state index contributed by atoms with van der Waals surface area (Å²) in [5.74, 6) is 0. The van der Waals surface area contributed by atoms with Crippen LogP contribution in [0.3, 0.4) is 0 Å². The van der Waals surface area contributed by atoms with Crippen molar-refractivity contribution in [3.8, 4) is 0 Å². The molecule has 2 saturated carbocycles. The summed E-state index contributed by atoms with van der Waals surface area (Å²) >= 11 is 0. The third-order valence-electron chi connectivity index (χ3n) is 9.82. The molecule has 2 fully saturated rings. The first-order chi connectivity index (χ1) is 14.9. The first-order valence-electron chi connectivity index (χ1n) is 14.4. The van der Waals surface area contributed by atoms with Crippen LogP contribution < -0.4 is 11.5 Å². The molecule has 2 heteroatoms. The van der Waals surface area contributed by atoms with Crippen molar-refractivity contribution < 1.29 is 0 Å². The maximum absolute atomic E-state index is 7.52.